The van der Waals surface area contributed by atoms with Crippen LogP contribution in [0, 0.1) is 5.41 Å². The van der Waals surface area contributed by atoms with E-state index >= 15 is 0 Å². The van der Waals surface area contributed by atoms with E-state index in [9.17, 15) is 4.79 Å². The van der Waals surface area contributed by atoms with Crippen LogP contribution < -0.4 is 5.32 Å². The fraction of sp³-hybridized carbons (Fsp3) is 0.207. The maximum atomic E-state index is 13.5. The fourth-order valence-electron chi connectivity index (χ4n) is 5.36. The Labute approximate surface area is 198 Å². The highest BCUT2D eigenvalue weighted by molar-refractivity contribution is 6.30. The van der Waals surface area contributed by atoms with Crippen molar-refractivity contribution in [2.24, 2.45) is 5.41 Å². The molecule has 0 spiro atoms. The van der Waals surface area contributed by atoms with Crippen molar-refractivity contribution in [1.29, 1.82) is 0 Å². The van der Waals surface area contributed by atoms with Gasteiger partial charge in [0.1, 0.15) is 17.6 Å². The minimum Gasteiger partial charge on any atom is -0.459 e. The molecule has 2 aliphatic rings. The van der Waals surface area contributed by atoms with Gasteiger partial charge in [0.2, 0.25) is 0 Å². The standard InChI is InChI=1S/C29H24ClNO2/c1-29(2)15-21-26-20-9-4-3-6-17(20)10-11-22(26)31-28(27(21)23(32)16-29)25-13-12-24(33-25)18-7-5-8-19(30)14-18/h3-14,28,31H,15-16H2,1-2H3/t28-/m0/s1. The van der Waals surface area contributed by atoms with Gasteiger partial charge in [0.05, 0.1) is 0 Å². The van der Waals surface area contributed by atoms with E-state index in [2.05, 4.69) is 55.6 Å². The molecular weight excluding hydrogens is 430 g/mol. The van der Waals surface area contributed by atoms with Crippen molar-refractivity contribution in [1.82, 2.24) is 0 Å². The first-order chi connectivity index (χ1) is 15.9. The molecule has 1 aliphatic carbocycles. The lowest BCUT2D eigenvalue weighted by Crippen LogP contribution is -2.33. The maximum Gasteiger partial charge on any atom is 0.162 e. The number of nitrogens with one attached hydrogen (secondary N) is 1. The number of anilines is 1. The molecule has 0 radical (unpaired) electrons. The number of hydrogen-bond donors (Lipinski definition) is 1. The van der Waals surface area contributed by atoms with Crippen LogP contribution in [0.2, 0.25) is 5.02 Å². The first-order valence-electron chi connectivity index (χ1n) is 11.3. The van der Waals surface area contributed by atoms with Crippen LogP contribution in [-0.2, 0) is 4.79 Å². The number of halogens is 1. The molecule has 0 bridgehead atoms. The summed E-state index contributed by atoms with van der Waals surface area (Å²) in [6.45, 7) is 4.36. The lowest BCUT2D eigenvalue weighted by atomic mass is 9.68. The quantitative estimate of drug-likeness (QED) is 0.333. The van der Waals surface area contributed by atoms with Crippen LogP contribution in [0.3, 0.4) is 0 Å². The number of furan rings is 1. The van der Waals surface area contributed by atoms with Gasteiger partial charge >= 0.3 is 0 Å². The summed E-state index contributed by atoms with van der Waals surface area (Å²) in [6.07, 6.45) is 1.39. The van der Waals surface area contributed by atoms with Crippen LogP contribution in [-0.4, -0.2) is 5.78 Å². The summed E-state index contributed by atoms with van der Waals surface area (Å²) in [5.41, 5.74) is 5.02. The zero-order valence-corrected chi connectivity index (χ0v) is 19.4. The molecule has 2 heterocycles. The average molecular weight is 454 g/mol. The molecule has 4 aromatic rings. The van der Waals surface area contributed by atoms with Gasteiger partial charge in [-0.2, -0.15) is 0 Å². The summed E-state index contributed by atoms with van der Waals surface area (Å²) in [6, 6.07) is 23.9. The number of benzene rings is 3. The fourth-order valence-corrected chi connectivity index (χ4v) is 5.55. The van der Waals surface area contributed by atoms with Gasteiger partial charge in [-0.1, -0.05) is 67.9 Å². The molecule has 1 aliphatic heterocycles. The number of carbonyl (C=O) groups excluding carboxylic acids is 1. The Hall–Kier alpha value is -3.30. The largest absolute Gasteiger partial charge is 0.459 e. The highest BCUT2D eigenvalue weighted by atomic mass is 35.5. The van der Waals surface area contributed by atoms with E-state index in [4.69, 9.17) is 16.0 Å². The third kappa shape index (κ3) is 3.39. The van der Waals surface area contributed by atoms with Crippen LogP contribution in [0.15, 0.2) is 82.8 Å². The van der Waals surface area contributed by atoms with E-state index in [-0.39, 0.29) is 17.2 Å². The molecule has 0 fully saturated rings. The lowest BCUT2D eigenvalue weighted by Gasteiger charge is -2.39. The zero-order valence-electron chi connectivity index (χ0n) is 18.6. The van der Waals surface area contributed by atoms with Crippen molar-refractivity contribution in [3.8, 4) is 11.3 Å². The van der Waals surface area contributed by atoms with E-state index in [1.807, 2.05) is 36.4 Å². The van der Waals surface area contributed by atoms with E-state index in [1.165, 1.54) is 10.8 Å². The minimum atomic E-state index is -0.315. The Morgan fingerprint density at radius 2 is 1.82 bits per heavy atom. The normalized spacial score (nSPS) is 19.2. The Bertz CT molecular complexity index is 1460. The molecule has 0 unspecified atom stereocenters. The number of ketones is 1. The van der Waals surface area contributed by atoms with E-state index < -0.39 is 0 Å². The minimum absolute atomic E-state index is 0.0822. The molecule has 0 saturated heterocycles. The lowest BCUT2D eigenvalue weighted by molar-refractivity contribution is -0.118. The number of fused-ring (bicyclic) bond motifs is 4. The van der Waals surface area contributed by atoms with Crippen molar-refractivity contribution in [3.63, 3.8) is 0 Å². The molecule has 33 heavy (non-hydrogen) atoms. The average Bonchev–Trinajstić information content (AvgIpc) is 3.27. The highest BCUT2D eigenvalue weighted by Crippen LogP contribution is 2.52. The number of rotatable bonds is 2. The molecule has 4 heteroatoms. The monoisotopic (exact) mass is 453 g/mol. The Morgan fingerprint density at radius 3 is 2.67 bits per heavy atom. The van der Waals surface area contributed by atoms with E-state index in [0.717, 1.165) is 45.9 Å². The van der Waals surface area contributed by atoms with Gasteiger partial charge < -0.3 is 9.73 Å². The molecular formula is C29H24ClNO2. The van der Waals surface area contributed by atoms with Gasteiger partial charge in [0, 0.05) is 33.8 Å². The van der Waals surface area contributed by atoms with Gasteiger partial charge in [-0.25, -0.2) is 0 Å². The molecule has 0 amide bonds. The number of Topliss-reactive ketones (excluding diaryl/α,β-unsaturated/α-hetero) is 1. The van der Waals surface area contributed by atoms with Crippen LogP contribution in [0.25, 0.3) is 27.7 Å². The predicted molar refractivity (Wildman–Crippen MR) is 134 cm³/mol. The van der Waals surface area contributed by atoms with Crippen LogP contribution in [0.5, 0.6) is 0 Å². The number of carbonyl (C=O) groups is 1. The van der Waals surface area contributed by atoms with Crippen LogP contribution in [0.4, 0.5) is 5.69 Å². The van der Waals surface area contributed by atoms with Crippen molar-refractivity contribution >= 4 is 39.4 Å². The highest BCUT2D eigenvalue weighted by Gasteiger charge is 2.41. The van der Waals surface area contributed by atoms with Gasteiger partial charge in [-0.05, 0) is 58.5 Å². The summed E-state index contributed by atoms with van der Waals surface area (Å²) < 4.78 is 6.31. The number of hydrogen-bond acceptors (Lipinski definition) is 3. The Balaban J connectivity index is 1.53. The van der Waals surface area contributed by atoms with Crippen molar-refractivity contribution in [3.05, 3.63) is 94.7 Å². The van der Waals surface area contributed by atoms with Crippen LogP contribution in [0.1, 0.15) is 44.1 Å². The molecule has 6 rings (SSSR count). The molecule has 1 aromatic heterocycles. The smallest absolute Gasteiger partial charge is 0.162 e. The van der Waals surface area contributed by atoms with E-state index in [1.54, 1.807) is 0 Å². The van der Waals surface area contributed by atoms with Gasteiger partial charge in [0.15, 0.2) is 5.78 Å². The summed E-state index contributed by atoms with van der Waals surface area (Å²) in [5, 5.41) is 6.66. The second kappa shape index (κ2) is 7.36. The second-order valence-corrected chi connectivity index (χ2v) is 10.3. The van der Waals surface area contributed by atoms with Crippen LogP contribution >= 0.6 is 11.6 Å². The molecule has 164 valence electrons. The first kappa shape index (κ1) is 20.3. The first-order valence-corrected chi connectivity index (χ1v) is 11.7. The van der Waals surface area contributed by atoms with Gasteiger partial charge in [-0.3, -0.25) is 4.79 Å². The second-order valence-electron chi connectivity index (χ2n) is 9.83. The summed E-state index contributed by atoms with van der Waals surface area (Å²) in [7, 11) is 0. The topological polar surface area (TPSA) is 42.2 Å². The van der Waals surface area contributed by atoms with E-state index in [0.29, 0.717) is 11.4 Å². The zero-order chi connectivity index (χ0) is 22.7. The van der Waals surface area contributed by atoms with Crippen molar-refractivity contribution < 1.29 is 9.21 Å². The SMILES string of the molecule is CC1(C)CC(=O)C2=C(C1)c1c(ccc3ccccc13)N[C@H]2c1ccc(-c2cccc(Cl)c2)o1. The molecule has 1 N–H and O–H groups in total. The molecule has 0 saturated carbocycles. The van der Waals surface area contributed by atoms with Gasteiger partial charge in [0.25, 0.3) is 0 Å². The number of allylic oxidation sites excluding steroid dienone is 1. The summed E-state index contributed by atoms with van der Waals surface area (Å²) >= 11 is 6.18. The molecule has 3 nitrogen and oxygen atoms in total. The maximum absolute atomic E-state index is 13.5. The Morgan fingerprint density at radius 1 is 0.970 bits per heavy atom. The third-order valence-electron chi connectivity index (χ3n) is 6.76. The summed E-state index contributed by atoms with van der Waals surface area (Å²) in [5.74, 6) is 1.67. The third-order valence-corrected chi connectivity index (χ3v) is 6.99. The molecule has 1 atom stereocenters. The summed E-state index contributed by atoms with van der Waals surface area (Å²) in [4.78, 5) is 13.5. The van der Waals surface area contributed by atoms with Gasteiger partial charge in [-0.15, -0.1) is 0 Å². The Kier molecular flexibility index (Phi) is 4.53. The molecule has 3 aromatic carbocycles. The van der Waals surface area contributed by atoms with Crippen molar-refractivity contribution in [2.75, 3.05) is 5.32 Å². The predicted octanol–water partition coefficient (Wildman–Crippen LogP) is 8.06. The van der Waals surface area contributed by atoms with Crippen molar-refractivity contribution in [2.45, 2.75) is 32.7 Å².